The average molecular weight is 272 g/mol. The molecule has 0 aromatic carbocycles. The molecule has 2 rings (SSSR count). The molecular weight excluding hydrogens is 258 g/mol. The van der Waals surface area contributed by atoms with Crippen LogP contribution in [0.4, 0.5) is 0 Å². The molecule has 1 amide bonds. The zero-order valence-electron chi connectivity index (χ0n) is 8.37. The van der Waals surface area contributed by atoms with E-state index in [0.717, 1.165) is 25.7 Å². The lowest BCUT2D eigenvalue weighted by molar-refractivity contribution is 0.0928. The lowest BCUT2D eigenvalue weighted by Gasteiger charge is -2.25. The van der Waals surface area contributed by atoms with Gasteiger partial charge in [-0.15, -0.1) is 0 Å². The van der Waals surface area contributed by atoms with Gasteiger partial charge in [-0.25, -0.2) is 0 Å². The van der Waals surface area contributed by atoms with Gasteiger partial charge in [0.05, 0.1) is 11.8 Å². The summed E-state index contributed by atoms with van der Waals surface area (Å²) in [5.41, 5.74) is 0.607. The fraction of sp³-hybridized carbons (Fsp3) is 0.600. The number of aromatic nitrogens is 2. The largest absolute Gasteiger partial charge is 0.349 e. The van der Waals surface area contributed by atoms with Crippen LogP contribution in [0.15, 0.2) is 12.4 Å². The minimum absolute atomic E-state index is 0.0261. The van der Waals surface area contributed by atoms with Crippen LogP contribution in [0.3, 0.4) is 0 Å². The normalized spacial score (nSPS) is 26.2. The zero-order chi connectivity index (χ0) is 10.7. The lowest BCUT2D eigenvalue weighted by atomic mass is 9.95. The molecule has 4 nitrogen and oxygen atoms in total. The summed E-state index contributed by atoms with van der Waals surface area (Å²) in [7, 11) is 0. The fourth-order valence-electron chi connectivity index (χ4n) is 1.84. The number of H-pyrrole nitrogens is 1. The Morgan fingerprint density at radius 1 is 1.47 bits per heavy atom. The molecule has 1 heterocycles. The van der Waals surface area contributed by atoms with Crippen LogP contribution < -0.4 is 5.32 Å². The second-order valence-corrected chi connectivity index (χ2v) is 5.20. The van der Waals surface area contributed by atoms with Crippen LogP contribution in [-0.4, -0.2) is 27.0 Å². The van der Waals surface area contributed by atoms with Crippen molar-refractivity contribution in [1.82, 2.24) is 15.5 Å². The van der Waals surface area contributed by atoms with Gasteiger partial charge in [-0.1, -0.05) is 15.9 Å². The van der Waals surface area contributed by atoms with Gasteiger partial charge in [0.25, 0.3) is 5.91 Å². The third-order valence-electron chi connectivity index (χ3n) is 2.75. The summed E-state index contributed by atoms with van der Waals surface area (Å²) in [6, 6.07) is 0.321. The second-order valence-electron chi connectivity index (χ2n) is 3.91. The van der Waals surface area contributed by atoms with E-state index in [4.69, 9.17) is 0 Å². The van der Waals surface area contributed by atoms with E-state index in [1.807, 2.05) is 0 Å². The number of amides is 1. The molecule has 1 fully saturated rings. The number of aromatic amines is 1. The molecule has 0 radical (unpaired) electrons. The van der Waals surface area contributed by atoms with E-state index in [1.54, 1.807) is 12.4 Å². The molecule has 0 bridgehead atoms. The third-order valence-corrected chi connectivity index (χ3v) is 3.67. The first-order valence-corrected chi connectivity index (χ1v) is 6.11. The molecule has 1 aliphatic rings. The molecule has 1 aromatic heterocycles. The third kappa shape index (κ3) is 2.81. The SMILES string of the molecule is O=C(NC1CCC(Br)CC1)c1cn[nH]c1. The van der Waals surface area contributed by atoms with Crippen molar-refractivity contribution in [2.24, 2.45) is 0 Å². The maximum absolute atomic E-state index is 11.7. The maximum atomic E-state index is 11.7. The minimum atomic E-state index is -0.0261. The number of rotatable bonds is 2. The molecule has 5 heteroatoms. The first-order chi connectivity index (χ1) is 7.25. The maximum Gasteiger partial charge on any atom is 0.254 e. The van der Waals surface area contributed by atoms with Gasteiger partial charge in [-0.2, -0.15) is 5.10 Å². The second kappa shape index (κ2) is 4.79. The predicted molar refractivity (Wildman–Crippen MR) is 61.0 cm³/mol. The van der Waals surface area contributed by atoms with Gasteiger partial charge < -0.3 is 5.32 Å². The van der Waals surface area contributed by atoms with E-state index in [0.29, 0.717) is 16.4 Å². The highest BCUT2D eigenvalue weighted by Gasteiger charge is 2.21. The van der Waals surface area contributed by atoms with Crippen molar-refractivity contribution in [2.75, 3.05) is 0 Å². The van der Waals surface area contributed by atoms with Crippen LogP contribution in [0.25, 0.3) is 0 Å². The summed E-state index contributed by atoms with van der Waals surface area (Å²) in [6.07, 6.45) is 7.54. The predicted octanol–water partition coefficient (Wildman–Crippen LogP) is 1.85. The van der Waals surface area contributed by atoms with Crippen molar-refractivity contribution in [3.63, 3.8) is 0 Å². The molecule has 0 saturated heterocycles. The monoisotopic (exact) mass is 271 g/mol. The number of carbonyl (C=O) groups is 1. The Hall–Kier alpha value is -0.840. The molecule has 1 saturated carbocycles. The van der Waals surface area contributed by atoms with Gasteiger partial charge >= 0.3 is 0 Å². The fourth-order valence-corrected chi connectivity index (χ4v) is 2.37. The number of nitrogens with one attached hydrogen (secondary N) is 2. The highest BCUT2D eigenvalue weighted by molar-refractivity contribution is 9.09. The van der Waals surface area contributed by atoms with Crippen molar-refractivity contribution >= 4 is 21.8 Å². The Labute approximate surface area is 97.0 Å². The Bertz CT molecular complexity index is 317. The van der Waals surface area contributed by atoms with E-state index in [9.17, 15) is 4.79 Å². The molecule has 0 atom stereocenters. The topological polar surface area (TPSA) is 57.8 Å². The van der Waals surface area contributed by atoms with Crippen LogP contribution in [0.2, 0.25) is 0 Å². The first kappa shape index (κ1) is 10.7. The van der Waals surface area contributed by atoms with Gasteiger partial charge in [0.2, 0.25) is 0 Å². The summed E-state index contributed by atoms with van der Waals surface area (Å²) in [5, 5.41) is 9.41. The lowest BCUT2D eigenvalue weighted by Crippen LogP contribution is -2.37. The van der Waals surface area contributed by atoms with Gasteiger partial charge in [0.15, 0.2) is 0 Å². The summed E-state index contributed by atoms with van der Waals surface area (Å²) >= 11 is 3.59. The summed E-state index contributed by atoms with van der Waals surface area (Å²) in [6.45, 7) is 0. The van der Waals surface area contributed by atoms with Gasteiger partial charge in [-0.05, 0) is 25.7 Å². The van der Waals surface area contributed by atoms with Gasteiger partial charge in [-0.3, -0.25) is 9.89 Å². The van der Waals surface area contributed by atoms with Crippen molar-refractivity contribution in [3.05, 3.63) is 18.0 Å². The van der Waals surface area contributed by atoms with Crippen LogP contribution >= 0.6 is 15.9 Å². The average Bonchev–Trinajstić information content (AvgIpc) is 2.74. The molecule has 0 aliphatic heterocycles. The molecule has 2 N–H and O–H groups in total. The molecule has 1 aromatic rings. The van der Waals surface area contributed by atoms with E-state index in [1.165, 1.54) is 0 Å². The summed E-state index contributed by atoms with van der Waals surface area (Å²) in [5.74, 6) is -0.0261. The minimum Gasteiger partial charge on any atom is -0.349 e. The van der Waals surface area contributed by atoms with E-state index in [2.05, 4.69) is 31.4 Å². The quantitative estimate of drug-likeness (QED) is 0.807. The van der Waals surface area contributed by atoms with Crippen LogP contribution in [-0.2, 0) is 0 Å². The van der Waals surface area contributed by atoms with Crippen molar-refractivity contribution < 1.29 is 4.79 Å². The Morgan fingerprint density at radius 2 is 2.20 bits per heavy atom. The number of carbonyl (C=O) groups excluding carboxylic acids is 1. The van der Waals surface area contributed by atoms with E-state index in [-0.39, 0.29) is 5.91 Å². The molecule has 82 valence electrons. The van der Waals surface area contributed by atoms with Crippen molar-refractivity contribution in [1.29, 1.82) is 0 Å². The van der Waals surface area contributed by atoms with Crippen molar-refractivity contribution in [2.45, 2.75) is 36.6 Å². The Balaban J connectivity index is 1.85. The van der Waals surface area contributed by atoms with Gasteiger partial charge in [0, 0.05) is 17.1 Å². The summed E-state index contributed by atoms with van der Waals surface area (Å²) in [4.78, 5) is 12.3. The van der Waals surface area contributed by atoms with Gasteiger partial charge in [0.1, 0.15) is 0 Å². The Morgan fingerprint density at radius 3 is 2.80 bits per heavy atom. The Kier molecular flexibility index (Phi) is 3.41. The molecule has 0 spiro atoms. The highest BCUT2D eigenvalue weighted by atomic mass is 79.9. The van der Waals surface area contributed by atoms with Crippen LogP contribution in [0.1, 0.15) is 36.0 Å². The van der Waals surface area contributed by atoms with Crippen LogP contribution in [0, 0.1) is 0 Å². The molecule has 15 heavy (non-hydrogen) atoms. The first-order valence-electron chi connectivity index (χ1n) is 5.19. The van der Waals surface area contributed by atoms with E-state index >= 15 is 0 Å². The standard InChI is InChI=1S/C10H14BrN3O/c11-8-1-3-9(4-2-8)14-10(15)7-5-12-13-6-7/h5-6,8-9H,1-4H2,(H,12,13)(H,14,15). The summed E-state index contributed by atoms with van der Waals surface area (Å²) < 4.78 is 0. The smallest absolute Gasteiger partial charge is 0.254 e. The number of hydrogen-bond donors (Lipinski definition) is 2. The van der Waals surface area contributed by atoms with Crippen molar-refractivity contribution in [3.8, 4) is 0 Å². The molecular formula is C10H14BrN3O. The van der Waals surface area contributed by atoms with E-state index < -0.39 is 0 Å². The number of alkyl halides is 1. The zero-order valence-corrected chi connectivity index (χ0v) is 9.96. The number of hydrogen-bond acceptors (Lipinski definition) is 2. The number of nitrogens with zero attached hydrogens (tertiary/aromatic N) is 1. The molecule has 0 unspecified atom stereocenters. The number of halogens is 1. The van der Waals surface area contributed by atoms with Crippen LogP contribution in [0.5, 0.6) is 0 Å². The molecule has 1 aliphatic carbocycles. The highest BCUT2D eigenvalue weighted by Crippen LogP contribution is 2.24.